The molecule has 2 fully saturated rings. The second-order valence-electron chi connectivity index (χ2n) is 6.05. The highest BCUT2D eigenvalue weighted by Crippen LogP contribution is 2.38. The Kier molecular flexibility index (Phi) is 4.04. The highest BCUT2D eigenvalue weighted by molar-refractivity contribution is 6.60. The Morgan fingerprint density at radius 3 is 2.37 bits per heavy atom. The third kappa shape index (κ3) is 3.01. The number of hydrogen-bond acceptors (Lipinski definition) is 5. The molecule has 0 aromatic heterocycles. The van der Waals surface area contributed by atoms with Crippen molar-refractivity contribution in [2.24, 2.45) is 10.7 Å². The van der Waals surface area contributed by atoms with E-state index in [0.29, 0.717) is 6.61 Å². The van der Waals surface area contributed by atoms with Crippen molar-refractivity contribution in [2.75, 3.05) is 13.2 Å². The Hall–Kier alpha value is -0.845. The van der Waals surface area contributed by atoms with Gasteiger partial charge in [0.15, 0.2) is 0 Å². The highest BCUT2D eigenvalue weighted by Gasteiger charge is 2.52. The van der Waals surface area contributed by atoms with E-state index in [-0.39, 0.29) is 17.2 Å². The number of nitrogens with two attached hydrogens (primary N) is 1. The standard InChI is InChI=1S/C13H23BN2O3/c1-12(2)13(3,4)19-14(18-12)10(7-15)8-16-11-5-6-17-9-11/h7-8,11H,5-6,9,15H2,1-4H3/t11-/m0/s1. The number of aliphatic imine (C=N–C) groups is 1. The van der Waals surface area contributed by atoms with Crippen molar-refractivity contribution < 1.29 is 14.0 Å². The van der Waals surface area contributed by atoms with Gasteiger partial charge in [0.05, 0.1) is 23.9 Å². The molecule has 19 heavy (non-hydrogen) atoms. The Morgan fingerprint density at radius 2 is 1.89 bits per heavy atom. The molecule has 2 heterocycles. The van der Waals surface area contributed by atoms with Gasteiger partial charge in [0.2, 0.25) is 0 Å². The lowest BCUT2D eigenvalue weighted by atomic mass is 9.79. The molecular formula is C13H23BN2O3. The van der Waals surface area contributed by atoms with Crippen LogP contribution >= 0.6 is 0 Å². The molecule has 0 aliphatic carbocycles. The van der Waals surface area contributed by atoms with Crippen LogP contribution in [0.3, 0.4) is 0 Å². The molecule has 2 saturated heterocycles. The maximum atomic E-state index is 5.94. The van der Waals surface area contributed by atoms with Crippen LogP contribution in [0.4, 0.5) is 0 Å². The molecule has 6 heteroatoms. The summed E-state index contributed by atoms with van der Waals surface area (Å²) in [5.41, 5.74) is 5.70. The van der Waals surface area contributed by atoms with E-state index in [1.165, 1.54) is 6.20 Å². The second-order valence-corrected chi connectivity index (χ2v) is 6.05. The summed E-state index contributed by atoms with van der Waals surface area (Å²) in [5, 5.41) is 0. The van der Waals surface area contributed by atoms with E-state index < -0.39 is 7.12 Å². The molecular weight excluding hydrogens is 243 g/mol. The van der Waals surface area contributed by atoms with Crippen molar-refractivity contribution in [3.8, 4) is 0 Å². The lowest BCUT2D eigenvalue weighted by Gasteiger charge is -2.32. The molecule has 2 aliphatic heterocycles. The van der Waals surface area contributed by atoms with Gasteiger partial charge in [-0.25, -0.2) is 0 Å². The van der Waals surface area contributed by atoms with Crippen LogP contribution in [0, 0.1) is 0 Å². The van der Waals surface area contributed by atoms with E-state index in [9.17, 15) is 0 Å². The van der Waals surface area contributed by atoms with Gasteiger partial charge in [0, 0.05) is 18.3 Å². The molecule has 2 aliphatic rings. The van der Waals surface area contributed by atoms with Gasteiger partial charge < -0.3 is 19.8 Å². The maximum Gasteiger partial charge on any atom is 0.497 e. The number of nitrogens with zero attached hydrogens (tertiary/aromatic N) is 1. The number of rotatable bonds is 3. The molecule has 1 atom stereocenters. The van der Waals surface area contributed by atoms with E-state index >= 15 is 0 Å². The predicted octanol–water partition coefficient (Wildman–Crippen LogP) is 1.32. The van der Waals surface area contributed by atoms with Crippen LogP contribution in [-0.4, -0.2) is 43.8 Å². The monoisotopic (exact) mass is 266 g/mol. The zero-order valence-electron chi connectivity index (χ0n) is 12.2. The fourth-order valence-electron chi connectivity index (χ4n) is 1.99. The van der Waals surface area contributed by atoms with E-state index in [2.05, 4.69) is 4.99 Å². The van der Waals surface area contributed by atoms with Crippen molar-refractivity contribution in [3.63, 3.8) is 0 Å². The van der Waals surface area contributed by atoms with Crippen LogP contribution in [-0.2, 0) is 14.0 Å². The van der Waals surface area contributed by atoms with Crippen LogP contribution in [0.15, 0.2) is 16.7 Å². The summed E-state index contributed by atoms with van der Waals surface area (Å²) in [6.07, 6.45) is 4.21. The molecule has 0 unspecified atom stereocenters. The molecule has 0 spiro atoms. The third-order valence-corrected chi connectivity index (χ3v) is 4.06. The van der Waals surface area contributed by atoms with Gasteiger partial charge in [-0.05, 0) is 40.3 Å². The van der Waals surface area contributed by atoms with E-state index in [4.69, 9.17) is 19.8 Å². The quantitative estimate of drug-likeness (QED) is 0.618. The normalized spacial score (nSPS) is 30.4. The van der Waals surface area contributed by atoms with Crippen LogP contribution in [0.5, 0.6) is 0 Å². The summed E-state index contributed by atoms with van der Waals surface area (Å²) in [6, 6.07) is 0.220. The first-order valence-corrected chi connectivity index (χ1v) is 6.74. The molecule has 2 N–H and O–H groups in total. The second kappa shape index (κ2) is 5.27. The van der Waals surface area contributed by atoms with Gasteiger partial charge in [-0.3, -0.25) is 4.99 Å². The number of allylic oxidation sites excluding steroid dienone is 1. The van der Waals surface area contributed by atoms with Crippen LogP contribution in [0.25, 0.3) is 0 Å². The SMILES string of the molecule is CC1(C)OB(C(C=N[C@H]2CCOC2)=CN)OC1(C)C. The van der Waals surface area contributed by atoms with Gasteiger partial charge >= 0.3 is 7.12 Å². The zero-order chi connectivity index (χ0) is 14.1. The third-order valence-electron chi connectivity index (χ3n) is 4.06. The molecule has 2 rings (SSSR count). The Labute approximate surface area is 115 Å². The molecule has 0 aromatic rings. The Bertz CT molecular complexity index is 371. The minimum atomic E-state index is -0.457. The summed E-state index contributed by atoms with van der Waals surface area (Å²) in [6.45, 7) is 9.52. The van der Waals surface area contributed by atoms with Gasteiger partial charge in [0.25, 0.3) is 0 Å². The van der Waals surface area contributed by atoms with Crippen molar-refractivity contribution in [1.82, 2.24) is 0 Å². The molecule has 0 radical (unpaired) electrons. The molecule has 0 amide bonds. The number of hydrogen-bond donors (Lipinski definition) is 1. The summed E-state index contributed by atoms with van der Waals surface area (Å²) in [5.74, 6) is 0. The van der Waals surface area contributed by atoms with E-state index in [1.807, 2.05) is 27.7 Å². The predicted molar refractivity (Wildman–Crippen MR) is 76.1 cm³/mol. The first-order chi connectivity index (χ1) is 8.86. The van der Waals surface area contributed by atoms with Gasteiger partial charge in [-0.15, -0.1) is 0 Å². The van der Waals surface area contributed by atoms with E-state index in [0.717, 1.165) is 18.5 Å². The van der Waals surface area contributed by atoms with Crippen molar-refractivity contribution in [1.29, 1.82) is 0 Å². The van der Waals surface area contributed by atoms with Crippen LogP contribution in [0.1, 0.15) is 34.1 Å². The van der Waals surface area contributed by atoms with Crippen molar-refractivity contribution >= 4 is 13.3 Å². The highest BCUT2D eigenvalue weighted by atomic mass is 16.7. The molecule has 0 bridgehead atoms. The average molecular weight is 266 g/mol. The topological polar surface area (TPSA) is 66.1 Å². The Balaban J connectivity index is 2.04. The summed E-state index contributed by atoms with van der Waals surface area (Å²) in [7, 11) is -0.457. The van der Waals surface area contributed by atoms with Crippen LogP contribution < -0.4 is 5.73 Å². The molecule has 0 saturated carbocycles. The van der Waals surface area contributed by atoms with E-state index in [1.54, 1.807) is 6.21 Å². The Morgan fingerprint density at radius 1 is 1.26 bits per heavy atom. The molecule has 106 valence electrons. The summed E-state index contributed by atoms with van der Waals surface area (Å²) in [4.78, 5) is 4.48. The molecule has 5 nitrogen and oxygen atoms in total. The fraction of sp³-hybridized carbons (Fsp3) is 0.769. The largest absolute Gasteiger partial charge is 0.497 e. The first-order valence-electron chi connectivity index (χ1n) is 6.74. The first kappa shape index (κ1) is 14.6. The molecule has 0 aromatic carbocycles. The maximum absolute atomic E-state index is 5.94. The summed E-state index contributed by atoms with van der Waals surface area (Å²) >= 11 is 0. The minimum Gasteiger partial charge on any atom is -0.405 e. The van der Waals surface area contributed by atoms with Gasteiger partial charge in [-0.2, -0.15) is 0 Å². The lowest BCUT2D eigenvalue weighted by molar-refractivity contribution is 0.00578. The lowest BCUT2D eigenvalue weighted by Crippen LogP contribution is -2.41. The van der Waals surface area contributed by atoms with Gasteiger partial charge in [0.1, 0.15) is 0 Å². The number of ether oxygens (including phenoxy) is 1. The average Bonchev–Trinajstić information content (AvgIpc) is 2.87. The minimum absolute atomic E-state index is 0.220. The van der Waals surface area contributed by atoms with Crippen LogP contribution in [0.2, 0.25) is 0 Å². The zero-order valence-corrected chi connectivity index (χ0v) is 12.2. The van der Waals surface area contributed by atoms with Gasteiger partial charge in [-0.1, -0.05) is 0 Å². The van der Waals surface area contributed by atoms with Crippen molar-refractivity contribution in [3.05, 3.63) is 11.7 Å². The smallest absolute Gasteiger partial charge is 0.405 e. The van der Waals surface area contributed by atoms with Crippen molar-refractivity contribution in [2.45, 2.75) is 51.4 Å². The fourth-order valence-corrected chi connectivity index (χ4v) is 1.99. The summed E-state index contributed by atoms with van der Waals surface area (Å²) < 4.78 is 17.2.